The van der Waals surface area contributed by atoms with Gasteiger partial charge in [0.1, 0.15) is 0 Å². The summed E-state index contributed by atoms with van der Waals surface area (Å²) >= 11 is 1.65. The molecule has 0 aliphatic carbocycles. The topological polar surface area (TPSA) is 78.1 Å². The van der Waals surface area contributed by atoms with E-state index in [0.29, 0.717) is 12.1 Å². The van der Waals surface area contributed by atoms with Gasteiger partial charge >= 0.3 is 0 Å². The van der Waals surface area contributed by atoms with Gasteiger partial charge in [-0.2, -0.15) is 21.2 Å². The molecule has 0 amide bonds. The van der Waals surface area contributed by atoms with Crippen molar-refractivity contribution in [2.75, 3.05) is 26.1 Å². The lowest BCUT2D eigenvalue weighted by Crippen LogP contribution is -2.39. The molecule has 0 spiro atoms. The highest BCUT2D eigenvalue weighted by molar-refractivity contribution is 7.98. The van der Waals surface area contributed by atoms with Crippen LogP contribution in [0.1, 0.15) is 24.6 Å². The quantitative estimate of drug-likeness (QED) is 0.752. The summed E-state index contributed by atoms with van der Waals surface area (Å²) in [6, 6.07) is -0.0190. The number of aromatic nitrogens is 2. The number of aromatic amines is 1. The van der Waals surface area contributed by atoms with Crippen LogP contribution in [0.4, 0.5) is 0 Å². The second kappa shape index (κ2) is 7.44. The van der Waals surface area contributed by atoms with Crippen molar-refractivity contribution in [2.24, 2.45) is 0 Å². The summed E-state index contributed by atoms with van der Waals surface area (Å²) in [5.41, 5.74) is 1.49. The minimum atomic E-state index is -3.57. The number of hydrogen-bond donors (Lipinski definition) is 2. The monoisotopic (exact) mass is 320 g/mol. The highest BCUT2D eigenvalue weighted by Crippen LogP contribution is 2.22. The maximum atomic E-state index is 12.7. The fourth-order valence-electron chi connectivity index (χ4n) is 2.03. The molecule has 1 unspecified atom stereocenters. The average molecular weight is 320 g/mol. The SMILES string of the molecule is CCC(CSC)N(C)S(=O)(=O)c1n[nH]c(C)c1CNC. The first kappa shape index (κ1) is 17.5. The molecule has 1 rings (SSSR count). The van der Waals surface area contributed by atoms with Gasteiger partial charge in [-0.25, -0.2) is 8.42 Å². The number of nitrogens with zero attached hydrogens (tertiary/aromatic N) is 2. The maximum absolute atomic E-state index is 12.7. The molecular weight excluding hydrogens is 296 g/mol. The summed E-state index contributed by atoms with van der Waals surface area (Å²) in [6.45, 7) is 4.30. The van der Waals surface area contributed by atoms with Crippen LogP contribution >= 0.6 is 11.8 Å². The van der Waals surface area contributed by atoms with Crippen LogP contribution < -0.4 is 5.32 Å². The van der Waals surface area contributed by atoms with Gasteiger partial charge in [0.15, 0.2) is 5.03 Å². The summed E-state index contributed by atoms with van der Waals surface area (Å²) in [5.74, 6) is 0.775. The van der Waals surface area contributed by atoms with E-state index in [-0.39, 0.29) is 11.1 Å². The first-order chi connectivity index (χ1) is 9.39. The highest BCUT2D eigenvalue weighted by atomic mass is 32.2. The summed E-state index contributed by atoms with van der Waals surface area (Å²) < 4.78 is 26.9. The molecule has 6 nitrogen and oxygen atoms in total. The van der Waals surface area contributed by atoms with Crippen molar-refractivity contribution in [3.05, 3.63) is 11.3 Å². The Bertz CT molecular complexity index is 528. The number of sulfonamides is 1. The van der Waals surface area contributed by atoms with Gasteiger partial charge < -0.3 is 5.32 Å². The molecule has 0 fully saturated rings. The van der Waals surface area contributed by atoms with Crippen molar-refractivity contribution < 1.29 is 8.42 Å². The minimum absolute atomic E-state index is 0.0190. The van der Waals surface area contributed by atoms with Crippen LogP contribution in [0.25, 0.3) is 0 Å². The van der Waals surface area contributed by atoms with Crippen molar-refractivity contribution in [3.8, 4) is 0 Å². The molecule has 1 atom stereocenters. The Morgan fingerprint density at radius 2 is 2.15 bits per heavy atom. The largest absolute Gasteiger partial charge is 0.316 e. The summed E-state index contributed by atoms with van der Waals surface area (Å²) in [6.07, 6.45) is 2.76. The number of aryl methyl sites for hydroxylation is 1. The first-order valence-corrected chi connectivity index (χ1v) is 9.38. The lowest BCUT2D eigenvalue weighted by molar-refractivity contribution is 0.383. The Morgan fingerprint density at radius 3 is 2.65 bits per heavy atom. The molecule has 1 heterocycles. The van der Waals surface area contributed by atoms with E-state index in [9.17, 15) is 8.42 Å². The van der Waals surface area contributed by atoms with Crippen molar-refractivity contribution >= 4 is 21.8 Å². The molecule has 0 saturated carbocycles. The van der Waals surface area contributed by atoms with Gasteiger partial charge in [-0.15, -0.1) is 0 Å². The van der Waals surface area contributed by atoms with Crippen molar-refractivity contribution in [3.63, 3.8) is 0 Å². The van der Waals surface area contributed by atoms with Gasteiger partial charge in [-0.05, 0) is 26.6 Å². The Hall–Kier alpha value is -0.570. The van der Waals surface area contributed by atoms with Crippen molar-refractivity contribution in [1.29, 1.82) is 0 Å². The van der Waals surface area contributed by atoms with Crippen molar-refractivity contribution in [2.45, 2.75) is 37.9 Å². The lowest BCUT2D eigenvalue weighted by Gasteiger charge is -2.25. The van der Waals surface area contributed by atoms with Gasteiger partial charge in [-0.3, -0.25) is 5.10 Å². The fourth-order valence-corrected chi connectivity index (χ4v) is 4.56. The maximum Gasteiger partial charge on any atom is 0.262 e. The van der Waals surface area contributed by atoms with E-state index in [1.807, 2.05) is 20.1 Å². The molecular formula is C12H24N4O2S2. The van der Waals surface area contributed by atoms with E-state index < -0.39 is 10.0 Å². The van der Waals surface area contributed by atoms with Crippen LogP contribution in [0.5, 0.6) is 0 Å². The van der Waals surface area contributed by atoms with Crippen LogP contribution in [-0.4, -0.2) is 55.1 Å². The number of H-pyrrole nitrogens is 1. The molecule has 116 valence electrons. The van der Waals surface area contributed by atoms with Gasteiger partial charge in [0.2, 0.25) is 0 Å². The third-order valence-corrected chi connectivity index (χ3v) is 5.96. The standard InChI is InChI=1S/C12H24N4O2S2/c1-6-10(8-19-5)16(4)20(17,18)12-11(7-13-3)9(2)14-15-12/h10,13H,6-8H2,1-5H3,(H,14,15). The summed E-state index contributed by atoms with van der Waals surface area (Å²) in [7, 11) is -0.148. The Morgan fingerprint density at radius 1 is 1.50 bits per heavy atom. The zero-order chi connectivity index (χ0) is 15.3. The van der Waals surface area contributed by atoms with E-state index in [0.717, 1.165) is 17.9 Å². The van der Waals surface area contributed by atoms with Gasteiger partial charge in [-0.1, -0.05) is 6.92 Å². The molecule has 0 bridgehead atoms. The summed E-state index contributed by atoms with van der Waals surface area (Å²) in [5, 5.41) is 9.89. The molecule has 0 aliphatic heterocycles. The molecule has 1 aromatic heterocycles. The highest BCUT2D eigenvalue weighted by Gasteiger charge is 2.31. The molecule has 0 radical (unpaired) electrons. The second-order valence-corrected chi connectivity index (χ2v) is 7.52. The molecule has 8 heteroatoms. The van der Waals surface area contributed by atoms with E-state index in [2.05, 4.69) is 15.5 Å². The Kier molecular flexibility index (Phi) is 6.50. The van der Waals surface area contributed by atoms with Crippen LogP contribution in [0, 0.1) is 6.92 Å². The molecule has 0 aliphatic rings. The predicted molar refractivity (Wildman–Crippen MR) is 83.5 cm³/mol. The zero-order valence-electron chi connectivity index (χ0n) is 12.7. The van der Waals surface area contributed by atoms with Crippen LogP contribution in [-0.2, 0) is 16.6 Å². The normalized spacial score (nSPS) is 13.9. The lowest BCUT2D eigenvalue weighted by atomic mass is 10.3. The van der Waals surface area contributed by atoms with Gasteiger partial charge in [0.25, 0.3) is 10.0 Å². The minimum Gasteiger partial charge on any atom is -0.316 e. The summed E-state index contributed by atoms with van der Waals surface area (Å²) in [4.78, 5) is 0. The van der Waals surface area contributed by atoms with Crippen LogP contribution in [0.15, 0.2) is 5.03 Å². The first-order valence-electron chi connectivity index (χ1n) is 6.55. The molecule has 1 aromatic rings. The van der Waals surface area contributed by atoms with E-state index in [4.69, 9.17) is 0 Å². The fraction of sp³-hybridized carbons (Fsp3) is 0.750. The molecule has 0 aromatic carbocycles. The van der Waals surface area contributed by atoms with Gasteiger partial charge in [0, 0.05) is 36.6 Å². The molecule has 2 N–H and O–H groups in total. The predicted octanol–water partition coefficient (Wildman–Crippen LogP) is 1.20. The molecule has 20 heavy (non-hydrogen) atoms. The third-order valence-electron chi connectivity index (χ3n) is 3.36. The smallest absolute Gasteiger partial charge is 0.262 e. The van der Waals surface area contributed by atoms with E-state index in [1.165, 1.54) is 4.31 Å². The third kappa shape index (κ3) is 3.55. The number of thioether (sulfide) groups is 1. The Labute approximate surface area is 125 Å². The second-order valence-electron chi connectivity index (χ2n) is 4.70. The Balaban J connectivity index is 3.15. The van der Waals surface area contributed by atoms with Crippen LogP contribution in [0.3, 0.4) is 0 Å². The van der Waals surface area contributed by atoms with Gasteiger partial charge in [0.05, 0.1) is 0 Å². The van der Waals surface area contributed by atoms with E-state index >= 15 is 0 Å². The van der Waals surface area contributed by atoms with Crippen LogP contribution in [0.2, 0.25) is 0 Å². The zero-order valence-corrected chi connectivity index (χ0v) is 14.4. The van der Waals surface area contributed by atoms with Crippen molar-refractivity contribution in [1.82, 2.24) is 19.8 Å². The number of nitrogens with one attached hydrogen (secondary N) is 2. The number of hydrogen-bond acceptors (Lipinski definition) is 5. The molecule has 0 saturated heterocycles. The number of rotatable bonds is 8. The van der Waals surface area contributed by atoms with E-state index in [1.54, 1.807) is 25.9 Å². The average Bonchev–Trinajstić information content (AvgIpc) is 2.78.